The van der Waals surface area contributed by atoms with Gasteiger partial charge in [-0.1, -0.05) is 0 Å². The molecule has 12 heteroatoms. The van der Waals surface area contributed by atoms with E-state index in [0.717, 1.165) is 0 Å². The topological polar surface area (TPSA) is 146 Å². The zero-order chi connectivity index (χ0) is 19.6. The van der Waals surface area contributed by atoms with Crippen LogP contribution in [0.4, 0.5) is 5.82 Å². The van der Waals surface area contributed by atoms with Gasteiger partial charge in [0.25, 0.3) is 0 Å². The number of fused-ring (bicyclic) bond motifs is 2. The summed E-state index contributed by atoms with van der Waals surface area (Å²) in [6, 6.07) is -0.565. The van der Waals surface area contributed by atoms with Crippen molar-refractivity contribution in [3.8, 4) is 0 Å². The Morgan fingerprint density at radius 2 is 2.04 bits per heavy atom. The van der Waals surface area contributed by atoms with Gasteiger partial charge in [0.1, 0.15) is 16.8 Å². The van der Waals surface area contributed by atoms with Crippen LogP contribution in [0.25, 0.3) is 11.2 Å². The molecule has 2 aromatic rings. The van der Waals surface area contributed by atoms with Crippen LogP contribution in [0.5, 0.6) is 0 Å². The highest BCUT2D eigenvalue weighted by atomic mass is 127. The largest absolute Gasteiger partial charge is 0.389 e. The zero-order valence-electron chi connectivity index (χ0n) is 14.8. The molecule has 2 heterocycles. The average Bonchev–Trinajstić information content (AvgIpc) is 3.15. The third-order valence-corrected chi connectivity index (χ3v) is 8.95. The van der Waals surface area contributed by atoms with Crippen LogP contribution in [-0.4, -0.2) is 60.3 Å². The highest BCUT2D eigenvalue weighted by molar-refractivity contribution is 14.1. The van der Waals surface area contributed by atoms with Crippen LogP contribution in [0.2, 0.25) is 0 Å². The van der Waals surface area contributed by atoms with E-state index in [-0.39, 0.29) is 24.9 Å². The van der Waals surface area contributed by atoms with Crippen molar-refractivity contribution in [1.82, 2.24) is 19.5 Å². The molecule has 4 rings (SSSR count). The fourth-order valence-corrected chi connectivity index (χ4v) is 7.53. The Morgan fingerprint density at radius 3 is 2.67 bits per heavy atom. The third-order valence-electron chi connectivity index (χ3n) is 5.48. The van der Waals surface area contributed by atoms with E-state index < -0.39 is 31.0 Å². The lowest BCUT2D eigenvalue weighted by Crippen LogP contribution is -2.37. The monoisotopic (exact) mass is 509 g/mol. The van der Waals surface area contributed by atoms with Gasteiger partial charge in [0.15, 0.2) is 15.3 Å². The minimum Gasteiger partial charge on any atom is -0.389 e. The molecule has 0 amide bonds. The van der Waals surface area contributed by atoms with Crippen LogP contribution in [0.1, 0.15) is 26.3 Å². The number of aliphatic hydroxyl groups is 2. The maximum Gasteiger partial charge on any atom is 0.339 e. The summed E-state index contributed by atoms with van der Waals surface area (Å²) < 4.78 is 26.6. The summed E-state index contributed by atoms with van der Waals surface area (Å²) in [6.07, 6.45) is -0.464. The smallest absolute Gasteiger partial charge is 0.339 e. The summed E-state index contributed by atoms with van der Waals surface area (Å²) in [6.45, 7) is 3.82. The first-order valence-corrected chi connectivity index (χ1v) is 11.3. The van der Waals surface area contributed by atoms with Gasteiger partial charge in [-0.25, -0.2) is 15.0 Å². The number of nitrogens with two attached hydrogens (primary N) is 1. The molecule has 2 aromatic heterocycles. The second-order valence-electron chi connectivity index (χ2n) is 6.76. The Labute approximate surface area is 169 Å². The van der Waals surface area contributed by atoms with Crippen LogP contribution in [0, 0.1) is 9.75 Å². The number of nitrogen functional groups attached to an aromatic ring is 1. The van der Waals surface area contributed by atoms with Gasteiger partial charge in [-0.15, -0.1) is 0 Å². The number of hydrogen-bond acceptors (Lipinski definition) is 9. The van der Waals surface area contributed by atoms with E-state index in [9.17, 15) is 14.8 Å². The molecule has 148 valence electrons. The molecule has 0 bridgehead atoms. The second kappa shape index (κ2) is 6.60. The molecule has 0 aromatic carbocycles. The van der Waals surface area contributed by atoms with Crippen LogP contribution >= 0.6 is 30.2 Å². The second-order valence-corrected chi connectivity index (χ2v) is 10.1. The highest BCUT2D eigenvalue weighted by Crippen LogP contribution is 2.81. The van der Waals surface area contributed by atoms with Gasteiger partial charge in [-0.05, 0) is 20.3 Å². The molecule has 0 unspecified atom stereocenters. The lowest BCUT2D eigenvalue weighted by Gasteiger charge is -2.29. The fourth-order valence-electron chi connectivity index (χ4n) is 4.35. The normalized spacial score (nSPS) is 32.8. The van der Waals surface area contributed by atoms with Crippen molar-refractivity contribution >= 4 is 47.2 Å². The van der Waals surface area contributed by atoms with E-state index in [1.165, 1.54) is 6.33 Å². The van der Waals surface area contributed by atoms with Gasteiger partial charge in [0, 0.05) is 28.5 Å². The van der Waals surface area contributed by atoms with Gasteiger partial charge < -0.3 is 29.6 Å². The molecule has 2 saturated carbocycles. The molecule has 27 heavy (non-hydrogen) atoms. The lowest BCUT2D eigenvalue weighted by atomic mass is 10.1. The van der Waals surface area contributed by atoms with Gasteiger partial charge in [-0.2, -0.15) is 0 Å². The molecule has 0 saturated heterocycles. The molecule has 2 fully saturated rings. The van der Waals surface area contributed by atoms with Gasteiger partial charge in [0.05, 0.1) is 31.7 Å². The van der Waals surface area contributed by atoms with Crippen LogP contribution in [0.3, 0.4) is 0 Å². The Hall–Kier alpha value is -0.850. The molecule has 0 spiro atoms. The van der Waals surface area contributed by atoms with E-state index in [1.54, 1.807) is 18.4 Å². The number of aromatic nitrogens is 4. The Kier molecular flexibility index (Phi) is 4.76. The molecule has 5 atom stereocenters. The molecular weight excluding hydrogens is 488 g/mol. The van der Waals surface area contributed by atoms with Crippen molar-refractivity contribution in [2.45, 2.75) is 43.7 Å². The number of hydrogen-bond donors (Lipinski definition) is 3. The van der Waals surface area contributed by atoms with E-state index in [1.807, 2.05) is 22.6 Å². The van der Waals surface area contributed by atoms with Gasteiger partial charge in [-0.3, -0.25) is 4.57 Å². The van der Waals surface area contributed by atoms with Crippen LogP contribution < -0.4 is 5.73 Å². The molecule has 10 nitrogen and oxygen atoms in total. The first-order valence-electron chi connectivity index (χ1n) is 8.71. The average molecular weight is 509 g/mol. The van der Waals surface area contributed by atoms with Crippen molar-refractivity contribution in [3.05, 3.63) is 10.2 Å². The van der Waals surface area contributed by atoms with E-state index >= 15 is 0 Å². The van der Waals surface area contributed by atoms with Crippen LogP contribution in [0.15, 0.2) is 6.33 Å². The Bertz CT molecular complexity index is 931. The number of imidazole rings is 1. The van der Waals surface area contributed by atoms with E-state index in [0.29, 0.717) is 21.4 Å². The van der Waals surface area contributed by atoms with E-state index in [4.69, 9.17) is 14.8 Å². The lowest BCUT2D eigenvalue weighted by molar-refractivity contribution is 0.00324. The third kappa shape index (κ3) is 2.59. The Balaban J connectivity index is 1.79. The number of halogens is 1. The first-order chi connectivity index (χ1) is 12.8. The summed E-state index contributed by atoms with van der Waals surface area (Å²) >= 11 is 1.95. The molecule has 0 aliphatic heterocycles. The SMILES string of the molecule is CCOP(=O)(OCC)[C@@]12C[C@H]1[C@@H](n1cnc3c(N)nc(I)nc31)[C@H](O)[C@H]2O. The molecule has 0 radical (unpaired) electrons. The predicted octanol–water partition coefficient (Wildman–Crippen LogP) is 1.31. The quantitative estimate of drug-likeness (QED) is 0.298. The number of rotatable bonds is 6. The summed E-state index contributed by atoms with van der Waals surface area (Å²) in [7, 11) is -3.62. The first kappa shape index (κ1) is 19.5. The maximum absolute atomic E-state index is 13.4. The molecule has 2 aliphatic rings. The van der Waals surface area contributed by atoms with Crippen molar-refractivity contribution in [2.75, 3.05) is 18.9 Å². The number of aliphatic hydroxyl groups excluding tert-OH is 2. The summed E-state index contributed by atoms with van der Waals surface area (Å²) in [5, 5.41) is 20.5. The minimum atomic E-state index is -3.62. The predicted molar refractivity (Wildman–Crippen MR) is 105 cm³/mol. The van der Waals surface area contributed by atoms with Crippen molar-refractivity contribution in [1.29, 1.82) is 0 Å². The molecule has 4 N–H and O–H groups in total. The van der Waals surface area contributed by atoms with Crippen molar-refractivity contribution < 1.29 is 23.8 Å². The fraction of sp³-hybridized carbons (Fsp3) is 0.667. The minimum absolute atomic E-state index is 0.190. The van der Waals surface area contributed by atoms with Gasteiger partial charge >= 0.3 is 7.60 Å². The van der Waals surface area contributed by atoms with Crippen molar-refractivity contribution in [3.63, 3.8) is 0 Å². The van der Waals surface area contributed by atoms with Crippen LogP contribution in [-0.2, 0) is 13.6 Å². The van der Waals surface area contributed by atoms with Crippen molar-refractivity contribution in [2.24, 2.45) is 5.92 Å². The summed E-state index contributed by atoms with van der Waals surface area (Å²) in [5.74, 6) is -0.0507. The zero-order valence-corrected chi connectivity index (χ0v) is 17.9. The maximum atomic E-state index is 13.4. The Morgan fingerprint density at radius 1 is 1.37 bits per heavy atom. The van der Waals surface area contributed by atoms with E-state index in [2.05, 4.69) is 15.0 Å². The summed E-state index contributed by atoms with van der Waals surface area (Å²) in [4.78, 5) is 12.7. The standard InChI is InChI=1S/C15H21IN5O5P/c1-3-25-27(24,26-4-2)15-5-7(15)9(10(22)11(15)23)21-6-18-8-12(17)19-14(16)20-13(8)21/h6-7,9-11,22-23H,3-5H2,1-2H3,(H2,17,19,20)/t7-,9+,10-,11+,15-/m0/s1. The highest BCUT2D eigenvalue weighted by Gasteiger charge is 2.80. The summed E-state index contributed by atoms with van der Waals surface area (Å²) in [5.41, 5.74) is 6.81. The molecular formula is C15H21IN5O5P. The number of nitrogens with zero attached hydrogens (tertiary/aromatic N) is 4. The number of anilines is 1. The van der Waals surface area contributed by atoms with Gasteiger partial charge in [0.2, 0.25) is 0 Å². The molecule has 2 aliphatic carbocycles.